The van der Waals surface area contributed by atoms with Crippen LogP contribution >= 0.6 is 0 Å². The monoisotopic (exact) mass is 578 g/mol. The third kappa shape index (κ3) is 6.29. The number of methoxy groups -OCH3 is 2. The van der Waals surface area contributed by atoms with Crippen LogP contribution in [0.1, 0.15) is 70.8 Å². The van der Waals surface area contributed by atoms with Crippen molar-refractivity contribution in [3.8, 4) is 11.5 Å². The molecule has 1 heterocycles. The van der Waals surface area contributed by atoms with Gasteiger partial charge in [-0.15, -0.1) is 0 Å². The Morgan fingerprint density at radius 3 is 2.13 bits per heavy atom. The van der Waals surface area contributed by atoms with Gasteiger partial charge in [0.25, 0.3) is 0 Å². The van der Waals surface area contributed by atoms with Crippen LogP contribution in [0.25, 0.3) is 0 Å². The van der Waals surface area contributed by atoms with Crippen molar-refractivity contribution in [1.82, 2.24) is 8.61 Å². The zero-order valence-corrected chi connectivity index (χ0v) is 25.1. The van der Waals surface area contributed by atoms with Crippen molar-refractivity contribution < 1.29 is 26.3 Å². The van der Waals surface area contributed by atoms with Gasteiger partial charge < -0.3 is 9.47 Å². The lowest BCUT2D eigenvalue weighted by molar-refractivity contribution is 0.185. The molecule has 2 fully saturated rings. The average Bonchev–Trinajstić information content (AvgIpc) is 2.96. The van der Waals surface area contributed by atoms with Crippen molar-refractivity contribution >= 4 is 20.0 Å². The summed E-state index contributed by atoms with van der Waals surface area (Å²) in [5, 5.41) is 0. The smallest absolute Gasteiger partial charge is 0.243 e. The van der Waals surface area contributed by atoms with Crippen LogP contribution in [0.2, 0.25) is 0 Å². The van der Waals surface area contributed by atoms with E-state index in [2.05, 4.69) is 6.92 Å². The molecule has 2 aromatic carbocycles. The van der Waals surface area contributed by atoms with Crippen LogP contribution in [0.3, 0.4) is 0 Å². The van der Waals surface area contributed by atoms with Gasteiger partial charge >= 0.3 is 0 Å². The van der Waals surface area contributed by atoms with E-state index in [1.807, 2.05) is 19.1 Å². The highest BCUT2D eigenvalue weighted by atomic mass is 32.2. The number of hydrogen-bond donors (Lipinski definition) is 0. The molecule has 0 N–H and O–H groups in total. The lowest BCUT2D eigenvalue weighted by Crippen LogP contribution is -2.44. The SMILES string of the molecule is CCC1CCCCN1S(=O)(=O)c1ccc(S(=O)(=O)N(Cc2ccc(OC)c(OC)c2)C2CCCCC2C)cc1. The Morgan fingerprint density at radius 2 is 1.49 bits per heavy atom. The number of nitrogens with zero attached hydrogens (tertiary/aromatic N) is 2. The second-order valence-electron chi connectivity index (χ2n) is 10.7. The van der Waals surface area contributed by atoms with Crippen LogP contribution in [-0.4, -0.2) is 58.3 Å². The average molecular weight is 579 g/mol. The molecule has 3 atom stereocenters. The summed E-state index contributed by atoms with van der Waals surface area (Å²) in [5.74, 6) is 1.33. The van der Waals surface area contributed by atoms with Gasteiger partial charge in [-0.05, 0) is 80.0 Å². The summed E-state index contributed by atoms with van der Waals surface area (Å²) in [6.07, 6.45) is 7.29. The topological polar surface area (TPSA) is 93.2 Å². The van der Waals surface area contributed by atoms with Gasteiger partial charge in [0.1, 0.15) is 0 Å². The molecule has 1 aliphatic heterocycles. The highest BCUT2D eigenvalue weighted by molar-refractivity contribution is 7.89. The molecule has 4 rings (SSSR count). The Hall–Kier alpha value is -2.14. The maximum absolute atomic E-state index is 14.1. The molecule has 1 saturated heterocycles. The van der Waals surface area contributed by atoms with Crippen LogP contribution in [0.5, 0.6) is 11.5 Å². The van der Waals surface area contributed by atoms with Crippen molar-refractivity contribution in [2.75, 3.05) is 20.8 Å². The Balaban J connectivity index is 1.67. The lowest BCUT2D eigenvalue weighted by Gasteiger charge is -2.38. The zero-order valence-electron chi connectivity index (χ0n) is 23.5. The van der Waals surface area contributed by atoms with Crippen LogP contribution in [0, 0.1) is 5.92 Å². The van der Waals surface area contributed by atoms with Crippen LogP contribution in [0.4, 0.5) is 0 Å². The Kier molecular flexibility index (Phi) is 9.62. The molecule has 0 aromatic heterocycles. The molecule has 0 amide bonds. The van der Waals surface area contributed by atoms with Gasteiger partial charge in [0.05, 0.1) is 24.0 Å². The normalized spacial score (nSPS) is 23.1. The molecule has 3 unspecified atom stereocenters. The summed E-state index contributed by atoms with van der Waals surface area (Å²) in [7, 11) is -4.49. The highest BCUT2D eigenvalue weighted by Crippen LogP contribution is 2.35. The van der Waals surface area contributed by atoms with Crippen molar-refractivity contribution in [3.63, 3.8) is 0 Å². The predicted molar refractivity (Wildman–Crippen MR) is 152 cm³/mol. The van der Waals surface area contributed by atoms with Crippen molar-refractivity contribution in [1.29, 1.82) is 0 Å². The van der Waals surface area contributed by atoms with Gasteiger partial charge in [-0.1, -0.05) is 39.2 Å². The molecule has 2 aromatic rings. The predicted octanol–water partition coefficient (Wildman–Crippen LogP) is 5.43. The number of sulfonamides is 2. The van der Waals surface area contributed by atoms with E-state index in [0.717, 1.165) is 56.9 Å². The van der Waals surface area contributed by atoms with Crippen molar-refractivity contribution in [2.45, 2.75) is 93.6 Å². The Labute approximate surface area is 234 Å². The van der Waals surface area contributed by atoms with Crippen LogP contribution < -0.4 is 9.47 Å². The molecule has 1 aliphatic carbocycles. The minimum absolute atomic E-state index is 0.0167. The third-order valence-electron chi connectivity index (χ3n) is 8.30. The number of piperidine rings is 1. The van der Waals surface area contributed by atoms with Crippen LogP contribution in [-0.2, 0) is 26.6 Å². The molecule has 2 aliphatic rings. The summed E-state index contributed by atoms with van der Waals surface area (Å²) in [6.45, 7) is 4.80. The first-order valence-corrected chi connectivity index (χ1v) is 16.9. The number of ether oxygens (including phenoxy) is 2. The van der Waals surface area contributed by atoms with E-state index in [0.29, 0.717) is 18.0 Å². The molecule has 0 spiro atoms. The summed E-state index contributed by atoms with van der Waals surface area (Å²) in [6, 6.07) is 11.1. The number of rotatable bonds is 10. The van der Waals surface area contributed by atoms with Crippen molar-refractivity contribution in [2.24, 2.45) is 5.92 Å². The van der Waals surface area contributed by atoms with Crippen LogP contribution in [0.15, 0.2) is 52.3 Å². The van der Waals surface area contributed by atoms with Gasteiger partial charge in [-0.3, -0.25) is 0 Å². The Morgan fingerprint density at radius 1 is 0.846 bits per heavy atom. The highest BCUT2D eigenvalue weighted by Gasteiger charge is 2.37. The summed E-state index contributed by atoms with van der Waals surface area (Å²) in [4.78, 5) is 0.240. The second-order valence-corrected chi connectivity index (χ2v) is 14.5. The van der Waals surface area contributed by atoms with E-state index in [1.165, 1.54) is 24.3 Å². The minimum atomic E-state index is -3.92. The molecule has 216 valence electrons. The molecule has 1 saturated carbocycles. The van der Waals surface area contributed by atoms with E-state index in [4.69, 9.17) is 9.47 Å². The van der Waals surface area contributed by atoms with Gasteiger partial charge in [0, 0.05) is 25.2 Å². The summed E-state index contributed by atoms with van der Waals surface area (Å²) >= 11 is 0. The molecule has 0 radical (unpaired) electrons. The first-order valence-electron chi connectivity index (χ1n) is 14.0. The van der Waals surface area contributed by atoms with E-state index in [9.17, 15) is 16.8 Å². The van der Waals surface area contributed by atoms with E-state index in [-0.39, 0.29) is 34.3 Å². The molecular weight excluding hydrogens is 536 g/mol. The molecule has 39 heavy (non-hydrogen) atoms. The fourth-order valence-electron chi connectivity index (χ4n) is 6.02. The van der Waals surface area contributed by atoms with Gasteiger partial charge in [-0.25, -0.2) is 16.8 Å². The van der Waals surface area contributed by atoms with Crippen molar-refractivity contribution in [3.05, 3.63) is 48.0 Å². The molecular formula is C29H42N2O6S2. The standard InChI is InChI=1S/C29H42N2O6S2/c1-5-24-11-8-9-19-30(24)38(32,33)25-14-16-26(17-15-25)39(34,35)31(27-12-7-6-10-22(27)2)21-23-13-18-28(36-3)29(20-23)37-4/h13-18,20,22,24,27H,5-12,19,21H2,1-4H3. The maximum Gasteiger partial charge on any atom is 0.243 e. The second kappa shape index (κ2) is 12.6. The number of hydrogen-bond acceptors (Lipinski definition) is 6. The number of benzene rings is 2. The largest absolute Gasteiger partial charge is 0.493 e. The zero-order chi connectivity index (χ0) is 28.2. The lowest BCUT2D eigenvalue weighted by atomic mass is 9.86. The third-order valence-corrected chi connectivity index (χ3v) is 12.2. The molecule has 10 heteroatoms. The molecule has 8 nitrogen and oxygen atoms in total. The van der Waals surface area contributed by atoms with E-state index >= 15 is 0 Å². The first kappa shape index (κ1) is 29.8. The van der Waals surface area contributed by atoms with Gasteiger partial charge in [0.15, 0.2) is 11.5 Å². The fraction of sp³-hybridized carbons (Fsp3) is 0.586. The first-order chi connectivity index (χ1) is 18.6. The summed E-state index contributed by atoms with van der Waals surface area (Å²) in [5.41, 5.74) is 0.795. The van der Waals surface area contributed by atoms with Gasteiger partial charge in [0.2, 0.25) is 20.0 Å². The van der Waals surface area contributed by atoms with E-state index < -0.39 is 20.0 Å². The van der Waals surface area contributed by atoms with Gasteiger partial charge in [-0.2, -0.15) is 8.61 Å². The minimum Gasteiger partial charge on any atom is -0.493 e. The maximum atomic E-state index is 14.1. The summed E-state index contributed by atoms with van der Waals surface area (Å²) < 4.78 is 69.1. The van der Waals surface area contributed by atoms with E-state index in [1.54, 1.807) is 28.9 Å². The Bertz CT molecular complexity index is 1330. The quantitative estimate of drug-likeness (QED) is 0.373. The fourth-order valence-corrected chi connectivity index (χ4v) is 9.52. The molecule has 0 bridgehead atoms.